The van der Waals surface area contributed by atoms with Crippen LogP contribution in [0.1, 0.15) is 61.3 Å². The first-order valence-corrected chi connectivity index (χ1v) is 11.3. The third-order valence-corrected chi connectivity index (χ3v) is 5.58. The van der Waals surface area contributed by atoms with Crippen LogP contribution in [0, 0.1) is 0 Å². The second kappa shape index (κ2) is 13.8. The van der Waals surface area contributed by atoms with E-state index in [0.717, 1.165) is 6.42 Å². The average Bonchev–Trinajstić information content (AvgIpc) is 2.67. The molecule has 0 aromatic heterocycles. The molecular weight excluding hydrogens is 428 g/mol. The van der Waals surface area contributed by atoms with E-state index in [1.165, 1.54) is 0 Å². The zero-order valence-electron chi connectivity index (χ0n) is 20.9. The van der Waals surface area contributed by atoms with Crippen LogP contribution in [-0.4, -0.2) is 71.2 Å². The Morgan fingerprint density at radius 1 is 1.22 bits per heavy atom. The summed E-state index contributed by atoms with van der Waals surface area (Å²) in [5, 5.41) is 0. The summed E-state index contributed by atoms with van der Waals surface area (Å²) in [5.74, 6) is -0.351. The zero-order valence-corrected chi connectivity index (χ0v) is 21.7. The standard InChI is InChI=1S/C25H42N2O4.ClH/c1-10-14-26(15-11-2)21-16-20(24(29)30-13-4)17-22(31-18(5)12-3)23(21)27(19(6)28)25(7,8)9;/h10-11,17-18,21-23H,1-2,12-16H2,3-9H3;1H/t18?,21-,22+,23+;/m0./s1. The Labute approximate surface area is 201 Å². The minimum Gasteiger partial charge on any atom is -0.463 e. The molecule has 6 nitrogen and oxygen atoms in total. The predicted octanol–water partition coefficient (Wildman–Crippen LogP) is 4.54. The van der Waals surface area contributed by atoms with Crippen LogP contribution in [0.4, 0.5) is 0 Å². The SMILES string of the molecule is C=CCN(CC=C)[C@H]1CC(C(=O)OCC)=C[C@@H](OC(C)CC)[C@@H]1N(C(C)=O)C(C)(C)C.Cl. The second-order valence-electron chi connectivity index (χ2n) is 9.09. The van der Waals surface area contributed by atoms with Crippen LogP contribution in [0.2, 0.25) is 0 Å². The van der Waals surface area contributed by atoms with E-state index in [2.05, 4.69) is 25.0 Å². The quantitative estimate of drug-likeness (QED) is 0.327. The highest BCUT2D eigenvalue weighted by atomic mass is 35.5. The maximum absolute atomic E-state index is 12.9. The van der Waals surface area contributed by atoms with Gasteiger partial charge in [-0.2, -0.15) is 0 Å². The lowest BCUT2D eigenvalue weighted by molar-refractivity contribution is -0.148. The maximum Gasteiger partial charge on any atom is 0.333 e. The van der Waals surface area contributed by atoms with Gasteiger partial charge < -0.3 is 14.4 Å². The number of esters is 1. The Hall–Kier alpha value is -1.63. The zero-order chi connectivity index (χ0) is 23.8. The van der Waals surface area contributed by atoms with Crippen LogP contribution in [0.15, 0.2) is 37.0 Å². The van der Waals surface area contributed by atoms with Gasteiger partial charge >= 0.3 is 5.97 Å². The molecule has 0 aromatic carbocycles. The molecule has 0 bridgehead atoms. The fourth-order valence-corrected chi connectivity index (χ4v) is 4.26. The number of ether oxygens (including phenoxy) is 2. The highest BCUT2D eigenvalue weighted by Gasteiger charge is 2.46. The molecule has 0 aromatic rings. The van der Waals surface area contributed by atoms with E-state index in [0.29, 0.717) is 31.7 Å². The summed E-state index contributed by atoms with van der Waals surface area (Å²) in [6.07, 6.45) is 6.37. The Balaban J connectivity index is 0.00000961. The van der Waals surface area contributed by atoms with Gasteiger partial charge in [0, 0.05) is 37.2 Å². The summed E-state index contributed by atoms with van der Waals surface area (Å²) in [7, 11) is 0. The molecule has 1 unspecified atom stereocenters. The molecule has 7 heteroatoms. The van der Waals surface area contributed by atoms with Gasteiger partial charge in [0.25, 0.3) is 0 Å². The molecule has 0 radical (unpaired) electrons. The van der Waals surface area contributed by atoms with Gasteiger partial charge in [-0.1, -0.05) is 19.1 Å². The van der Waals surface area contributed by atoms with Crippen molar-refractivity contribution in [1.82, 2.24) is 9.80 Å². The van der Waals surface area contributed by atoms with E-state index >= 15 is 0 Å². The lowest BCUT2D eigenvalue weighted by Gasteiger charge is -2.51. The Kier molecular flexibility index (Phi) is 13.1. The summed E-state index contributed by atoms with van der Waals surface area (Å²) in [5.41, 5.74) is 0.168. The van der Waals surface area contributed by atoms with E-state index in [9.17, 15) is 9.59 Å². The molecule has 32 heavy (non-hydrogen) atoms. The van der Waals surface area contributed by atoms with Gasteiger partial charge in [-0.15, -0.1) is 25.6 Å². The molecule has 0 fully saturated rings. The first-order chi connectivity index (χ1) is 14.5. The summed E-state index contributed by atoms with van der Waals surface area (Å²) in [6.45, 7) is 22.9. The van der Waals surface area contributed by atoms with Crippen molar-refractivity contribution in [3.05, 3.63) is 37.0 Å². The monoisotopic (exact) mass is 470 g/mol. The molecule has 0 N–H and O–H groups in total. The summed E-state index contributed by atoms with van der Waals surface area (Å²) in [4.78, 5) is 29.7. The van der Waals surface area contributed by atoms with Gasteiger partial charge in [0.05, 0.1) is 24.9 Å². The fraction of sp³-hybridized carbons (Fsp3) is 0.680. The molecule has 0 saturated carbocycles. The van der Waals surface area contributed by atoms with E-state index in [1.54, 1.807) is 13.8 Å². The average molecular weight is 471 g/mol. The van der Waals surface area contributed by atoms with Gasteiger partial charge in [0.2, 0.25) is 5.91 Å². The maximum atomic E-state index is 12.9. The van der Waals surface area contributed by atoms with Gasteiger partial charge in [0.1, 0.15) is 0 Å². The molecular formula is C25H43ClN2O4. The number of hydrogen-bond donors (Lipinski definition) is 0. The molecule has 1 amide bonds. The van der Waals surface area contributed by atoms with Crippen LogP contribution < -0.4 is 0 Å². The molecule has 0 spiro atoms. The van der Waals surface area contributed by atoms with Crippen LogP contribution >= 0.6 is 12.4 Å². The number of hydrogen-bond acceptors (Lipinski definition) is 5. The third-order valence-electron chi connectivity index (χ3n) is 5.58. The van der Waals surface area contributed by atoms with Crippen molar-refractivity contribution in [3.8, 4) is 0 Å². The molecule has 184 valence electrons. The first kappa shape index (κ1) is 30.4. The topological polar surface area (TPSA) is 59.1 Å². The lowest BCUT2D eigenvalue weighted by Crippen LogP contribution is -2.65. The van der Waals surface area contributed by atoms with Gasteiger partial charge in [-0.3, -0.25) is 9.69 Å². The fourth-order valence-electron chi connectivity index (χ4n) is 4.26. The predicted molar refractivity (Wildman–Crippen MR) is 133 cm³/mol. The molecule has 4 atom stereocenters. The lowest BCUT2D eigenvalue weighted by atomic mass is 9.83. The number of nitrogens with zero attached hydrogens (tertiary/aromatic N) is 2. The minimum atomic E-state index is -0.437. The van der Waals surface area contributed by atoms with Gasteiger partial charge in [-0.25, -0.2) is 4.79 Å². The van der Waals surface area contributed by atoms with Crippen molar-refractivity contribution in [1.29, 1.82) is 0 Å². The van der Waals surface area contributed by atoms with E-state index in [4.69, 9.17) is 9.47 Å². The van der Waals surface area contributed by atoms with Crippen molar-refractivity contribution >= 4 is 24.3 Å². The summed E-state index contributed by atoms with van der Waals surface area (Å²) >= 11 is 0. The summed E-state index contributed by atoms with van der Waals surface area (Å²) in [6, 6.07) is -0.429. The highest BCUT2D eigenvalue weighted by molar-refractivity contribution is 5.89. The third kappa shape index (κ3) is 8.05. The Morgan fingerprint density at radius 2 is 1.78 bits per heavy atom. The molecule has 0 heterocycles. The Morgan fingerprint density at radius 3 is 2.19 bits per heavy atom. The molecule has 1 rings (SSSR count). The number of carbonyl (C=O) groups excluding carboxylic acids is 2. The smallest absolute Gasteiger partial charge is 0.333 e. The van der Waals surface area contributed by atoms with Crippen LogP contribution in [0.5, 0.6) is 0 Å². The van der Waals surface area contributed by atoms with Crippen molar-refractivity contribution in [2.24, 2.45) is 0 Å². The second-order valence-corrected chi connectivity index (χ2v) is 9.09. The normalized spacial score (nSPS) is 21.8. The van der Waals surface area contributed by atoms with Crippen LogP contribution in [0.3, 0.4) is 0 Å². The molecule has 0 saturated heterocycles. The van der Waals surface area contributed by atoms with Crippen LogP contribution in [-0.2, 0) is 19.1 Å². The first-order valence-electron chi connectivity index (χ1n) is 11.3. The number of amides is 1. The Bertz CT molecular complexity index is 661. The number of halogens is 1. The number of rotatable bonds is 11. The minimum absolute atomic E-state index is 0. The molecule has 1 aliphatic rings. The number of carbonyl (C=O) groups is 2. The van der Waals surface area contributed by atoms with Crippen molar-refractivity contribution < 1.29 is 19.1 Å². The molecule has 1 aliphatic carbocycles. The summed E-state index contributed by atoms with van der Waals surface area (Å²) < 4.78 is 11.7. The highest BCUT2D eigenvalue weighted by Crippen LogP contribution is 2.34. The molecule has 0 aliphatic heterocycles. The van der Waals surface area contributed by atoms with Crippen LogP contribution in [0.25, 0.3) is 0 Å². The van der Waals surface area contributed by atoms with Crippen molar-refractivity contribution in [3.63, 3.8) is 0 Å². The largest absolute Gasteiger partial charge is 0.463 e. The van der Waals surface area contributed by atoms with Crippen molar-refractivity contribution in [2.75, 3.05) is 19.7 Å². The van der Waals surface area contributed by atoms with Gasteiger partial charge in [0.15, 0.2) is 0 Å². The van der Waals surface area contributed by atoms with E-state index in [1.807, 2.05) is 50.8 Å². The van der Waals surface area contributed by atoms with Crippen molar-refractivity contribution in [2.45, 2.75) is 91.1 Å². The van der Waals surface area contributed by atoms with E-state index in [-0.39, 0.29) is 42.5 Å². The van der Waals surface area contributed by atoms with E-state index < -0.39 is 11.6 Å². The van der Waals surface area contributed by atoms with Gasteiger partial charge in [-0.05, 0) is 53.5 Å².